The minimum atomic E-state index is -0.311. The van der Waals surface area contributed by atoms with Gasteiger partial charge >= 0.3 is 0 Å². The molecule has 1 aromatic carbocycles. The minimum Gasteiger partial charge on any atom is -0.493 e. The molecule has 8 heteroatoms. The maximum Gasteiger partial charge on any atom is 0.230 e. The largest absolute Gasteiger partial charge is 0.493 e. The van der Waals surface area contributed by atoms with Crippen LogP contribution in [0.1, 0.15) is 58.4 Å². The third-order valence-corrected chi connectivity index (χ3v) is 6.05. The molecular weight excluding hydrogens is 400 g/mol. The molecule has 1 atom stereocenters. The second-order valence-corrected chi connectivity index (χ2v) is 9.04. The SMILES string of the molecule is COc1ccccc1OC(C)c1nnc(SCC(=O)NC2CCCC2)n1CC(C)C. The van der Waals surface area contributed by atoms with Gasteiger partial charge in [0.05, 0.1) is 12.9 Å². The number of aromatic nitrogens is 3. The minimum absolute atomic E-state index is 0.0610. The zero-order chi connectivity index (χ0) is 21.5. The molecule has 3 rings (SSSR count). The molecule has 2 aromatic rings. The van der Waals surface area contributed by atoms with Gasteiger partial charge in [-0.1, -0.05) is 50.6 Å². The van der Waals surface area contributed by atoms with Crippen LogP contribution in [0.15, 0.2) is 29.4 Å². The van der Waals surface area contributed by atoms with Gasteiger partial charge in [0.15, 0.2) is 28.6 Å². The molecular formula is C22H32N4O3S. The summed E-state index contributed by atoms with van der Waals surface area (Å²) >= 11 is 1.43. The van der Waals surface area contributed by atoms with Crippen molar-refractivity contribution in [1.82, 2.24) is 20.1 Å². The highest BCUT2D eigenvalue weighted by Gasteiger charge is 2.23. The third-order valence-electron chi connectivity index (χ3n) is 5.08. The molecule has 1 aromatic heterocycles. The van der Waals surface area contributed by atoms with Crippen LogP contribution >= 0.6 is 11.8 Å². The van der Waals surface area contributed by atoms with Gasteiger partial charge in [-0.2, -0.15) is 0 Å². The lowest BCUT2D eigenvalue weighted by Gasteiger charge is -2.19. The summed E-state index contributed by atoms with van der Waals surface area (Å²) in [4.78, 5) is 12.3. The maximum absolute atomic E-state index is 12.3. The Hall–Kier alpha value is -2.22. The van der Waals surface area contributed by atoms with Gasteiger partial charge < -0.3 is 19.4 Å². The van der Waals surface area contributed by atoms with E-state index < -0.39 is 0 Å². The van der Waals surface area contributed by atoms with Crippen molar-refractivity contribution in [3.05, 3.63) is 30.1 Å². The van der Waals surface area contributed by atoms with E-state index in [-0.39, 0.29) is 12.0 Å². The van der Waals surface area contributed by atoms with Gasteiger partial charge in [-0.05, 0) is 37.8 Å². The van der Waals surface area contributed by atoms with Gasteiger partial charge in [-0.3, -0.25) is 4.79 Å². The summed E-state index contributed by atoms with van der Waals surface area (Å²) < 4.78 is 13.6. The zero-order valence-electron chi connectivity index (χ0n) is 18.3. The van der Waals surface area contributed by atoms with E-state index in [1.54, 1.807) is 7.11 Å². The zero-order valence-corrected chi connectivity index (χ0v) is 19.1. The smallest absolute Gasteiger partial charge is 0.230 e. The average molecular weight is 433 g/mol. The first-order valence-corrected chi connectivity index (χ1v) is 11.6. The van der Waals surface area contributed by atoms with Crippen molar-refractivity contribution >= 4 is 17.7 Å². The predicted octanol–water partition coefficient (Wildman–Crippen LogP) is 4.23. The summed E-state index contributed by atoms with van der Waals surface area (Å²) in [6, 6.07) is 7.89. The Kier molecular flexibility index (Phi) is 8.01. The second kappa shape index (κ2) is 10.7. The number of hydrogen-bond donors (Lipinski definition) is 1. The van der Waals surface area contributed by atoms with Crippen molar-refractivity contribution in [2.24, 2.45) is 5.92 Å². The van der Waals surface area contributed by atoms with Crippen molar-refractivity contribution in [3.8, 4) is 11.5 Å². The number of rotatable bonds is 10. The molecule has 1 amide bonds. The highest BCUT2D eigenvalue weighted by molar-refractivity contribution is 7.99. The number of methoxy groups -OCH3 is 1. The Morgan fingerprint density at radius 3 is 2.57 bits per heavy atom. The number of benzene rings is 1. The summed E-state index contributed by atoms with van der Waals surface area (Å²) in [7, 11) is 1.62. The highest BCUT2D eigenvalue weighted by atomic mass is 32.2. The van der Waals surface area contributed by atoms with E-state index in [1.807, 2.05) is 31.2 Å². The number of ether oxygens (including phenoxy) is 2. The normalized spacial score (nSPS) is 15.4. The fourth-order valence-corrected chi connectivity index (χ4v) is 4.44. The Morgan fingerprint density at radius 1 is 1.20 bits per heavy atom. The molecule has 1 aliphatic rings. The van der Waals surface area contributed by atoms with Crippen LogP contribution in [0.5, 0.6) is 11.5 Å². The van der Waals surface area contributed by atoms with E-state index in [0.717, 1.165) is 30.4 Å². The molecule has 1 aliphatic carbocycles. The van der Waals surface area contributed by atoms with Crippen LogP contribution in [-0.2, 0) is 11.3 Å². The number of hydrogen-bond acceptors (Lipinski definition) is 6. The highest BCUT2D eigenvalue weighted by Crippen LogP contribution is 2.31. The Bertz CT molecular complexity index is 834. The molecule has 1 N–H and O–H groups in total. The molecule has 30 heavy (non-hydrogen) atoms. The van der Waals surface area contributed by atoms with Crippen LogP contribution in [0.25, 0.3) is 0 Å². The molecule has 1 saturated carbocycles. The average Bonchev–Trinajstić information content (AvgIpc) is 3.36. The van der Waals surface area contributed by atoms with Crippen molar-refractivity contribution in [2.45, 2.75) is 70.3 Å². The Morgan fingerprint density at radius 2 is 1.90 bits per heavy atom. The van der Waals surface area contributed by atoms with Crippen LogP contribution < -0.4 is 14.8 Å². The summed E-state index contributed by atoms with van der Waals surface area (Å²) in [5.41, 5.74) is 0. The van der Waals surface area contributed by atoms with Crippen molar-refractivity contribution in [3.63, 3.8) is 0 Å². The summed E-state index contributed by atoms with van der Waals surface area (Å²) in [6.45, 7) is 7.01. The van der Waals surface area contributed by atoms with E-state index >= 15 is 0 Å². The van der Waals surface area contributed by atoms with Crippen molar-refractivity contribution in [2.75, 3.05) is 12.9 Å². The van der Waals surface area contributed by atoms with Crippen molar-refractivity contribution < 1.29 is 14.3 Å². The van der Waals surface area contributed by atoms with Crippen molar-refractivity contribution in [1.29, 1.82) is 0 Å². The number of carbonyl (C=O) groups is 1. The topological polar surface area (TPSA) is 78.3 Å². The lowest BCUT2D eigenvalue weighted by molar-refractivity contribution is -0.119. The first-order chi connectivity index (χ1) is 14.5. The van der Waals surface area contributed by atoms with Crippen LogP contribution in [0.2, 0.25) is 0 Å². The number of thioether (sulfide) groups is 1. The van der Waals surface area contributed by atoms with E-state index in [2.05, 4.69) is 33.9 Å². The van der Waals surface area contributed by atoms with E-state index in [9.17, 15) is 4.79 Å². The Balaban J connectivity index is 1.69. The second-order valence-electron chi connectivity index (χ2n) is 8.09. The quantitative estimate of drug-likeness (QED) is 0.566. The number of amides is 1. The molecule has 0 bridgehead atoms. The predicted molar refractivity (Wildman–Crippen MR) is 118 cm³/mol. The number of nitrogens with zero attached hydrogens (tertiary/aromatic N) is 3. The molecule has 0 radical (unpaired) electrons. The van der Waals surface area contributed by atoms with E-state index in [0.29, 0.717) is 29.2 Å². The van der Waals surface area contributed by atoms with Gasteiger partial charge in [0, 0.05) is 12.6 Å². The van der Waals surface area contributed by atoms with Gasteiger partial charge in [-0.25, -0.2) is 0 Å². The molecule has 0 aliphatic heterocycles. The van der Waals surface area contributed by atoms with Crippen LogP contribution in [0.3, 0.4) is 0 Å². The summed E-state index contributed by atoms with van der Waals surface area (Å²) in [5.74, 6) is 2.90. The van der Waals surface area contributed by atoms with Gasteiger partial charge in [0.2, 0.25) is 5.91 Å². The monoisotopic (exact) mass is 432 g/mol. The first-order valence-electron chi connectivity index (χ1n) is 10.6. The molecule has 164 valence electrons. The standard InChI is InChI=1S/C22H32N4O3S/c1-15(2)13-26-21(16(3)29-19-12-8-7-11-18(19)28-4)24-25-22(26)30-14-20(27)23-17-9-5-6-10-17/h7-8,11-12,15-17H,5-6,9-10,13-14H2,1-4H3,(H,23,27). The lowest BCUT2D eigenvalue weighted by atomic mass is 10.2. The fourth-order valence-electron chi connectivity index (χ4n) is 3.67. The number of carbonyl (C=O) groups excluding carboxylic acids is 1. The molecule has 1 unspecified atom stereocenters. The number of nitrogens with one attached hydrogen (secondary N) is 1. The van der Waals surface area contributed by atoms with Crippen LogP contribution in [-0.4, -0.2) is 39.6 Å². The molecule has 0 spiro atoms. The number of para-hydroxylation sites is 2. The fraction of sp³-hybridized carbons (Fsp3) is 0.591. The molecule has 1 heterocycles. The van der Waals surface area contributed by atoms with Gasteiger partial charge in [0.1, 0.15) is 0 Å². The summed E-state index contributed by atoms with van der Waals surface area (Å²) in [6.07, 6.45) is 4.26. The third kappa shape index (κ3) is 5.90. The van der Waals surface area contributed by atoms with Gasteiger partial charge in [0.25, 0.3) is 0 Å². The summed E-state index contributed by atoms with van der Waals surface area (Å²) in [5, 5.41) is 12.6. The van der Waals surface area contributed by atoms with E-state index in [1.165, 1.54) is 24.6 Å². The molecule has 7 nitrogen and oxygen atoms in total. The maximum atomic E-state index is 12.3. The van der Waals surface area contributed by atoms with E-state index in [4.69, 9.17) is 9.47 Å². The van der Waals surface area contributed by atoms with Crippen LogP contribution in [0.4, 0.5) is 0 Å². The van der Waals surface area contributed by atoms with Crippen LogP contribution in [0, 0.1) is 5.92 Å². The van der Waals surface area contributed by atoms with Gasteiger partial charge in [-0.15, -0.1) is 10.2 Å². The molecule has 1 fully saturated rings. The first kappa shape index (κ1) is 22.5. The Labute approximate surface area is 182 Å². The lowest BCUT2D eigenvalue weighted by Crippen LogP contribution is -2.33. The molecule has 0 saturated heterocycles.